The molecular formula is C19H16BrClF3N3O2S. The van der Waals surface area contributed by atoms with Gasteiger partial charge in [0.1, 0.15) is 4.90 Å². The molecule has 1 saturated heterocycles. The summed E-state index contributed by atoms with van der Waals surface area (Å²) in [4.78, 5) is 1.44. The SMILES string of the molecule is CC1CN(c2ccc(C#N)cc2C(F)(F)F)CCN1S(=O)(=O)c1ccc(Br)cc1Cl. The lowest BCUT2D eigenvalue weighted by Gasteiger charge is -2.41. The standard InChI is InChI=1S/C19H16BrClF3N3O2S/c1-12-11-26(17-4-2-13(10-25)8-15(17)19(22,23)24)6-7-27(12)30(28,29)18-5-3-14(20)9-16(18)21/h2-5,8-9,12H,6-7,11H2,1H3. The molecule has 1 unspecified atom stereocenters. The fourth-order valence-electron chi connectivity index (χ4n) is 3.44. The van der Waals surface area contributed by atoms with Gasteiger partial charge in [0, 0.05) is 35.8 Å². The van der Waals surface area contributed by atoms with Crippen LogP contribution in [0.15, 0.2) is 45.8 Å². The molecule has 1 heterocycles. The summed E-state index contributed by atoms with van der Waals surface area (Å²) in [6.07, 6.45) is -4.64. The topological polar surface area (TPSA) is 64.4 Å². The van der Waals surface area contributed by atoms with E-state index in [-0.39, 0.29) is 40.8 Å². The van der Waals surface area contributed by atoms with Crippen LogP contribution in [0.4, 0.5) is 18.9 Å². The number of nitriles is 1. The van der Waals surface area contributed by atoms with Crippen LogP contribution in [0.5, 0.6) is 0 Å². The lowest BCUT2D eigenvalue weighted by Crippen LogP contribution is -2.54. The van der Waals surface area contributed by atoms with Crippen LogP contribution in [0.25, 0.3) is 0 Å². The summed E-state index contributed by atoms with van der Waals surface area (Å²) < 4.78 is 68.6. The van der Waals surface area contributed by atoms with Crippen LogP contribution in [0.1, 0.15) is 18.1 Å². The first-order valence-corrected chi connectivity index (χ1v) is 11.4. The Morgan fingerprint density at radius 2 is 1.90 bits per heavy atom. The molecule has 160 valence electrons. The summed E-state index contributed by atoms with van der Waals surface area (Å²) in [5, 5.41) is 8.99. The quantitative estimate of drug-likeness (QED) is 0.576. The van der Waals surface area contributed by atoms with Gasteiger partial charge >= 0.3 is 6.18 Å². The van der Waals surface area contributed by atoms with E-state index in [9.17, 15) is 21.6 Å². The van der Waals surface area contributed by atoms with E-state index in [1.165, 1.54) is 33.5 Å². The summed E-state index contributed by atoms with van der Waals surface area (Å²) in [6.45, 7) is 1.75. The zero-order valence-electron chi connectivity index (χ0n) is 15.6. The first-order valence-electron chi connectivity index (χ1n) is 8.78. The molecule has 2 aromatic carbocycles. The van der Waals surface area contributed by atoms with Crippen molar-refractivity contribution in [2.75, 3.05) is 24.5 Å². The smallest absolute Gasteiger partial charge is 0.368 e. The fourth-order valence-corrected chi connectivity index (χ4v) is 6.06. The predicted octanol–water partition coefficient (Wildman–Crippen LogP) is 4.89. The van der Waals surface area contributed by atoms with Gasteiger partial charge in [0.05, 0.1) is 22.2 Å². The van der Waals surface area contributed by atoms with E-state index in [2.05, 4.69) is 15.9 Å². The molecular weight excluding hydrogens is 507 g/mol. The van der Waals surface area contributed by atoms with Gasteiger partial charge in [-0.15, -0.1) is 0 Å². The van der Waals surface area contributed by atoms with Gasteiger partial charge in [0.25, 0.3) is 0 Å². The third kappa shape index (κ3) is 4.44. The minimum atomic E-state index is -4.64. The minimum absolute atomic E-state index is 0.00675. The molecule has 0 radical (unpaired) electrons. The number of halogens is 5. The molecule has 1 fully saturated rings. The van der Waals surface area contributed by atoms with Crippen molar-refractivity contribution in [2.24, 2.45) is 0 Å². The van der Waals surface area contributed by atoms with Gasteiger partial charge in [-0.1, -0.05) is 27.5 Å². The highest BCUT2D eigenvalue weighted by Crippen LogP contribution is 2.38. The van der Waals surface area contributed by atoms with Crippen LogP contribution in [0, 0.1) is 11.3 Å². The lowest BCUT2D eigenvalue weighted by molar-refractivity contribution is -0.137. The molecule has 0 N–H and O–H groups in total. The Morgan fingerprint density at radius 3 is 2.47 bits per heavy atom. The molecule has 1 aliphatic heterocycles. The van der Waals surface area contributed by atoms with E-state index in [0.717, 1.165) is 6.07 Å². The number of nitrogens with zero attached hydrogens (tertiary/aromatic N) is 3. The van der Waals surface area contributed by atoms with Gasteiger partial charge in [-0.2, -0.15) is 22.7 Å². The van der Waals surface area contributed by atoms with Gasteiger partial charge in [0.2, 0.25) is 10.0 Å². The molecule has 11 heteroatoms. The van der Waals surface area contributed by atoms with Gasteiger partial charge in [-0.05, 0) is 43.3 Å². The van der Waals surface area contributed by atoms with Crippen molar-refractivity contribution in [3.8, 4) is 6.07 Å². The highest BCUT2D eigenvalue weighted by molar-refractivity contribution is 9.10. The second kappa shape index (κ2) is 8.38. The molecule has 0 saturated carbocycles. The van der Waals surface area contributed by atoms with Crippen LogP contribution < -0.4 is 4.90 Å². The van der Waals surface area contributed by atoms with Crippen LogP contribution in [0.2, 0.25) is 5.02 Å². The number of anilines is 1. The van der Waals surface area contributed by atoms with Gasteiger partial charge in [-0.3, -0.25) is 0 Å². The molecule has 0 amide bonds. The van der Waals surface area contributed by atoms with E-state index in [1.807, 2.05) is 0 Å². The maximum Gasteiger partial charge on any atom is 0.418 e. The van der Waals surface area contributed by atoms with Gasteiger partial charge in [0.15, 0.2) is 0 Å². The Balaban J connectivity index is 1.90. The second-order valence-electron chi connectivity index (χ2n) is 6.83. The van der Waals surface area contributed by atoms with E-state index in [0.29, 0.717) is 4.47 Å². The largest absolute Gasteiger partial charge is 0.418 e. The summed E-state index contributed by atoms with van der Waals surface area (Å²) >= 11 is 9.33. The monoisotopic (exact) mass is 521 g/mol. The molecule has 0 spiro atoms. The summed E-state index contributed by atoms with van der Waals surface area (Å²) in [5.41, 5.74) is -1.08. The Kier molecular flexibility index (Phi) is 6.39. The Labute approximate surface area is 185 Å². The van der Waals surface area contributed by atoms with Crippen molar-refractivity contribution in [1.29, 1.82) is 5.26 Å². The average Bonchev–Trinajstić information content (AvgIpc) is 2.66. The van der Waals surface area contributed by atoms with Crippen LogP contribution in [-0.2, 0) is 16.2 Å². The second-order valence-corrected chi connectivity index (χ2v) is 10.0. The summed E-state index contributed by atoms with van der Waals surface area (Å²) in [6, 6.07) is 8.92. The van der Waals surface area contributed by atoms with Crippen molar-refractivity contribution in [1.82, 2.24) is 4.31 Å². The molecule has 1 aliphatic rings. The zero-order valence-corrected chi connectivity index (χ0v) is 18.8. The fraction of sp³-hybridized carbons (Fsp3) is 0.316. The molecule has 5 nitrogen and oxygen atoms in total. The van der Waals surface area contributed by atoms with Gasteiger partial charge in [-0.25, -0.2) is 8.42 Å². The normalized spacial score (nSPS) is 18.3. The number of hydrogen-bond acceptors (Lipinski definition) is 4. The summed E-state index contributed by atoms with van der Waals surface area (Å²) in [7, 11) is -3.92. The number of alkyl halides is 3. The maximum atomic E-state index is 13.5. The van der Waals surface area contributed by atoms with E-state index in [1.54, 1.807) is 19.1 Å². The molecule has 1 atom stereocenters. The Morgan fingerprint density at radius 1 is 1.20 bits per heavy atom. The van der Waals surface area contributed by atoms with Crippen molar-refractivity contribution in [3.63, 3.8) is 0 Å². The predicted molar refractivity (Wildman–Crippen MR) is 111 cm³/mol. The van der Waals surface area contributed by atoms with E-state index >= 15 is 0 Å². The lowest BCUT2D eigenvalue weighted by atomic mass is 10.1. The maximum absolute atomic E-state index is 13.5. The van der Waals surface area contributed by atoms with Crippen molar-refractivity contribution >= 4 is 43.2 Å². The number of piperazine rings is 1. The number of sulfonamides is 1. The van der Waals surface area contributed by atoms with E-state index < -0.39 is 27.8 Å². The first-order chi connectivity index (χ1) is 13.9. The molecule has 0 aromatic heterocycles. The van der Waals surface area contributed by atoms with Crippen LogP contribution in [-0.4, -0.2) is 38.4 Å². The highest BCUT2D eigenvalue weighted by atomic mass is 79.9. The van der Waals surface area contributed by atoms with Crippen LogP contribution >= 0.6 is 27.5 Å². The van der Waals surface area contributed by atoms with E-state index in [4.69, 9.17) is 16.9 Å². The third-order valence-corrected chi connectivity index (χ3v) is 7.81. The Hall–Kier alpha value is -1.80. The first kappa shape index (κ1) is 22.9. The highest BCUT2D eigenvalue weighted by Gasteiger charge is 2.39. The molecule has 3 rings (SSSR count). The third-order valence-electron chi connectivity index (χ3n) is 4.82. The molecule has 0 bridgehead atoms. The minimum Gasteiger partial charge on any atom is -0.368 e. The van der Waals surface area contributed by atoms with Crippen molar-refractivity contribution < 1.29 is 21.6 Å². The molecule has 0 aliphatic carbocycles. The van der Waals surface area contributed by atoms with Crippen LogP contribution in [0.3, 0.4) is 0 Å². The van der Waals surface area contributed by atoms with Crippen molar-refractivity contribution in [3.05, 3.63) is 57.0 Å². The number of hydrogen-bond donors (Lipinski definition) is 0. The molecule has 30 heavy (non-hydrogen) atoms. The Bertz CT molecular complexity index is 1120. The summed E-state index contributed by atoms with van der Waals surface area (Å²) in [5.74, 6) is 0. The number of rotatable bonds is 3. The van der Waals surface area contributed by atoms with Gasteiger partial charge < -0.3 is 4.90 Å². The average molecular weight is 523 g/mol. The number of benzene rings is 2. The zero-order chi connectivity index (χ0) is 22.3. The van der Waals surface area contributed by atoms with Crippen molar-refractivity contribution in [2.45, 2.75) is 24.0 Å². The molecule has 2 aromatic rings.